The molecule has 1 amide bonds. The fourth-order valence-corrected chi connectivity index (χ4v) is 2.07. The molecule has 6 nitrogen and oxygen atoms in total. The first-order valence-corrected chi connectivity index (χ1v) is 7.21. The SMILES string of the molecule is COCCSCC(=O)N(CCOC)CCC(=O)OC. The fraction of sp³-hybridized carbons (Fsp3) is 0.833. The summed E-state index contributed by atoms with van der Waals surface area (Å²) in [7, 11) is 4.55. The lowest BCUT2D eigenvalue weighted by molar-refractivity contribution is -0.141. The monoisotopic (exact) mass is 293 g/mol. The van der Waals surface area contributed by atoms with Gasteiger partial charge in [0.05, 0.1) is 32.5 Å². The van der Waals surface area contributed by atoms with Gasteiger partial charge in [0.2, 0.25) is 5.91 Å². The van der Waals surface area contributed by atoms with Crippen LogP contribution in [0.1, 0.15) is 6.42 Å². The van der Waals surface area contributed by atoms with Gasteiger partial charge in [-0.1, -0.05) is 0 Å². The number of hydrogen-bond acceptors (Lipinski definition) is 6. The molecular weight excluding hydrogens is 270 g/mol. The number of esters is 1. The highest BCUT2D eigenvalue weighted by Gasteiger charge is 2.14. The van der Waals surface area contributed by atoms with E-state index in [1.165, 1.54) is 18.9 Å². The van der Waals surface area contributed by atoms with Crippen LogP contribution in [0.5, 0.6) is 0 Å². The Kier molecular flexibility index (Phi) is 11.7. The molecule has 0 radical (unpaired) electrons. The Balaban J connectivity index is 4.07. The van der Waals surface area contributed by atoms with Crippen molar-refractivity contribution in [2.45, 2.75) is 6.42 Å². The Labute approximate surface area is 118 Å². The predicted molar refractivity (Wildman–Crippen MR) is 74.3 cm³/mol. The van der Waals surface area contributed by atoms with Crippen LogP contribution in [0.4, 0.5) is 0 Å². The summed E-state index contributed by atoms with van der Waals surface area (Å²) in [5.74, 6) is 0.843. The first-order valence-electron chi connectivity index (χ1n) is 6.05. The predicted octanol–water partition coefficient (Wildman–Crippen LogP) is 0.404. The van der Waals surface area contributed by atoms with Crippen LogP contribution in [0.15, 0.2) is 0 Å². The molecule has 0 unspecified atom stereocenters. The summed E-state index contributed by atoms with van der Waals surface area (Å²) in [5, 5.41) is 0. The standard InChI is InChI=1S/C12H23NO5S/c1-16-7-6-13(5-4-12(15)18-3)11(14)10-19-9-8-17-2/h4-10H2,1-3H3. The second kappa shape index (κ2) is 12.3. The van der Waals surface area contributed by atoms with E-state index in [9.17, 15) is 9.59 Å². The lowest BCUT2D eigenvalue weighted by atomic mass is 10.3. The molecule has 112 valence electrons. The molecule has 0 aliphatic rings. The van der Waals surface area contributed by atoms with Crippen LogP contribution < -0.4 is 0 Å². The molecule has 0 aromatic heterocycles. The molecule has 0 saturated heterocycles. The molecule has 0 saturated carbocycles. The highest BCUT2D eigenvalue weighted by Crippen LogP contribution is 2.04. The molecular formula is C12H23NO5S. The van der Waals surface area contributed by atoms with Crippen LogP contribution in [0.25, 0.3) is 0 Å². The smallest absolute Gasteiger partial charge is 0.307 e. The molecule has 0 spiro atoms. The highest BCUT2D eigenvalue weighted by molar-refractivity contribution is 7.99. The maximum Gasteiger partial charge on any atom is 0.307 e. The average Bonchev–Trinajstić information content (AvgIpc) is 2.43. The molecule has 0 bridgehead atoms. The van der Waals surface area contributed by atoms with Crippen molar-refractivity contribution in [1.82, 2.24) is 4.90 Å². The number of carbonyl (C=O) groups excluding carboxylic acids is 2. The minimum absolute atomic E-state index is 0.00190. The third-order valence-electron chi connectivity index (χ3n) is 2.39. The number of ether oxygens (including phenoxy) is 3. The molecule has 19 heavy (non-hydrogen) atoms. The van der Waals surface area contributed by atoms with Crippen LogP contribution in [-0.4, -0.2) is 75.9 Å². The minimum atomic E-state index is -0.317. The van der Waals surface area contributed by atoms with Gasteiger partial charge >= 0.3 is 5.97 Å². The zero-order valence-electron chi connectivity index (χ0n) is 11.8. The van der Waals surface area contributed by atoms with Crippen molar-refractivity contribution >= 4 is 23.6 Å². The number of rotatable bonds is 11. The number of thioether (sulfide) groups is 1. The van der Waals surface area contributed by atoms with E-state index in [0.717, 1.165) is 5.75 Å². The molecule has 0 aromatic carbocycles. The van der Waals surface area contributed by atoms with Gasteiger partial charge in [0.25, 0.3) is 0 Å². The molecule has 0 atom stereocenters. The first-order chi connectivity index (χ1) is 9.15. The van der Waals surface area contributed by atoms with Gasteiger partial charge in [-0.05, 0) is 0 Å². The van der Waals surface area contributed by atoms with Crippen LogP contribution in [-0.2, 0) is 23.8 Å². The van der Waals surface area contributed by atoms with E-state index in [4.69, 9.17) is 9.47 Å². The zero-order valence-corrected chi connectivity index (χ0v) is 12.7. The number of nitrogens with zero attached hydrogens (tertiary/aromatic N) is 1. The number of hydrogen-bond donors (Lipinski definition) is 0. The van der Waals surface area contributed by atoms with E-state index in [1.54, 1.807) is 19.1 Å². The van der Waals surface area contributed by atoms with E-state index in [-0.39, 0.29) is 18.3 Å². The van der Waals surface area contributed by atoms with Crippen molar-refractivity contribution < 1.29 is 23.8 Å². The van der Waals surface area contributed by atoms with Gasteiger partial charge in [0, 0.05) is 33.1 Å². The van der Waals surface area contributed by atoms with E-state index in [1.807, 2.05) is 0 Å². The maximum atomic E-state index is 12.0. The second-order valence-corrected chi connectivity index (χ2v) is 4.85. The lowest BCUT2D eigenvalue weighted by Crippen LogP contribution is -2.37. The minimum Gasteiger partial charge on any atom is -0.469 e. The largest absolute Gasteiger partial charge is 0.469 e. The van der Waals surface area contributed by atoms with Crippen molar-refractivity contribution in [3.8, 4) is 0 Å². The molecule has 0 aromatic rings. The van der Waals surface area contributed by atoms with Crippen molar-refractivity contribution in [2.75, 3.05) is 59.1 Å². The molecule has 0 aliphatic heterocycles. The van der Waals surface area contributed by atoms with E-state index in [0.29, 0.717) is 32.1 Å². The first kappa shape index (κ1) is 18.2. The molecule has 0 aliphatic carbocycles. The molecule has 0 fully saturated rings. The third kappa shape index (κ3) is 9.75. The summed E-state index contributed by atoms with van der Waals surface area (Å²) in [5.41, 5.74) is 0. The van der Waals surface area contributed by atoms with Gasteiger partial charge in [-0.3, -0.25) is 9.59 Å². The highest BCUT2D eigenvalue weighted by atomic mass is 32.2. The van der Waals surface area contributed by atoms with Gasteiger partial charge in [-0.15, -0.1) is 11.8 Å². The average molecular weight is 293 g/mol. The summed E-state index contributed by atoms with van der Waals surface area (Å²) in [6.45, 7) is 1.92. The Morgan fingerprint density at radius 3 is 2.32 bits per heavy atom. The van der Waals surface area contributed by atoms with Crippen molar-refractivity contribution in [3.05, 3.63) is 0 Å². The van der Waals surface area contributed by atoms with Crippen LogP contribution in [0, 0.1) is 0 Å². The van der Waals surface area contributed by atoms with Gasteiger partial charge in [-0.25, -0.2) is 0 Å². The number of carbonyl (C=O) groups is 2. The Bertz CT molecular complexity index is 263. The van der Waals surface area contributed by atoms with E-state index in [2.05, 4.69) is 4.74 Å². The van der Waals surface area contributed by atoms with E-state index < -0.39 is 0 Å². The van der Waals surface area contributed by atoms with Gasteiger partial charge in [0.1, 0.15) is 0 Å². The Morgan fingerprint density at radius 2 is 1.74 bits per heavy atom. The topological polar surface area (TPSA) is 65.1 Å². The summed E-state index contributed by atoms with van der Waals surface area (Å²) in [6.07, 6.45) is 0.203. The quantitative estimate of drug-likeness (QED) is 0.406. The molecule has 0 N–H and O–H groups in total. The summed E-state index contributed by atoms with van der Waals surface area (Å²) < 4.78 is 14.4. The Hall–Kier alpha value is -0.790. The normalized spacial score (nSPS) is 10.3. The summed E-state index contributed by atoms with van der Waals surface area (Å²) >= 11 is 1.51. The van der Waals surface area contributed by atoms with Gasteiger partial charge in [0.15, 0.2) is 0 Å². The van der Waals surface area contributed by atoms with E-state index >= 15 is 0 Å². The molecule has 0 heterocycles. The fourth-order valence-electron chi connectivity index (χ4n) is 1.28. The van der Waals surface area contributed by atoms with Crippen LogP contribution >= 0.6 is 11.8 Å². The van der Waals surface area contributed by atoms with Crippen LogP contribution in [0.2, 0.25) is 0 Å². The van der Waals surface area contributed by atoms with Crippen molar-refractivity contribution in [1.29, 1.82) is 0 Å². The molecule has 0 rings (SSSR count). The van der Waals surface area contributed by atoms with Gasteiger partial charge < -0.3 is 19.1 Å². The van der Waals surface area contributed by atoms with Crippen LogP contribution in [0.3, 0.4) is 0 Å². The van der Waals surface area contributed by atoms with Crippen molar-refractivity contribution in [2.24, 2.45) is 0 Å². The second-order valence-electron chi connectivity index (χ2n) is 3.75. The van der Waals surface area contributed by atoms with Crippen molar-refractivity contribution in [3.63, 3.8) is 0 Å². The Morgan fingerprint density at radius 1 is 1.05 bits per heavy atom. The number of amides is 1. The maximum absolute atomic E-state index is 12.0. The number of methoxy groups -OCH3 is 3. The summed E-state index contributed by atoms with van der Waals surface area (Å²) in [4.78, 5) is 24.7. The van der Waals surface area contributed by atoms with Gasteiger partial charge in [-0.2, -0.15) is 0 Å². The summed E-state index contributed by atoms with van der Waals surface area (Å²) in [6, 6.07) is 0. The third-order valence-corrected chi connectivity index (χ3v) is 3.30. The zero-order chi connectivity index (χ0) is 14.5. The molecule has 7 heteroatoms. The lowest BCUT2D eigenvalue weighted by Gasteiger charge is -2.21.